The van der Waals surface area contributed by atoms with Gasteiger partial charge in [-0.2, -0.15) is 5.26 Å². The lowest BCUT2D eigenvalue weighted by Crippen LogP contribution is -2.51. The molecule has 0 heterocycles. The van der Waals surface area contributed by atoms with Gasteiger partial charge in [0, 0.05) is 25.8 Å². The molecular weight excluding hydrogens is 514 g/mol. The molecule has 10 heteroatoms. The van der Waals surface area contributed by atoms with Crippen LogP contribution in [-0.4, -0.2) is 61.4 Å². The molecule has 0 aromatic heterocycles. The van der Waals surface area contributed by atoms with Crippen LogP contribution < -0.4 is 20.1 Å². The first-order chi connectivity index (χ1) is 19.1. The predicted octanol–water partition coefficient (Wildman–Crippen LogP) is 3.42. The first kappa shape index (κ1) is 28.2. The zero-order valence-corrected chi connectivity index (χ0v) is 23.5. The minimum absolute atomic E-state index is 0.0395. The number of benzene rings is 1. The second-order valence-electron chi connectivity index (χ2n) is 12.3. The molecule has 4 atom stereocenters. The Morgan fingerprint density at radius 1 is 1.05 bits per heavy atom. The van der Waals surface area contributed by atoms with E-state index in [1.165, 1.54) is 19.2 Å². The van der Waals surface area contributed by atoms with Crippen LogP contribution in [0.25, 0.3) is 0 Å². The fourth-order valence-electron chi connectivity index (χ4n) is 6.89. The van der Waals surface area contributed by atoms with E-state index in [4.69, 9.17) is 14.2 Å². The number of amides is 2. The summed E-state index contributed by atoms with van der Waals surface area (Å²) in [5.41, 5.74) is -0.553. The number of fused-ring (bicyclic) bond motifs is 2. The highest BCUT2D eigenvalue weighted by Crippen LogP contribution is 2.49. The molecule has 0 spiro atoms. The minimum atomic E-state index is -0.814. The molecular formula is C30H39N3O7. The van der Waals surface area contributed by atoms with E-state index in [2.05, 4.69) is 16.7 Å². The Morgan fingerprint density at radius 2 is 1.75 bits per heavy atom. The van der Waals surface area contributed by atoms with Crippen molar-refractivity contribution in [3.8, 4) is 17.6 Å². The van der Waals surface area contributed by atoms with Crippen LogP contribution in [0, 0.1) is 34.5 Å². The van der Waals surface area contributed by atoms with E-state index in [0.29, 0.717) is 32.2 Å². The molecule has 4 fully saturated rings. The molecule has 2 amide bonds. The average Bonchev–Trinajstić information content (AvgIpc) is 3.46. The highest BCUT2D eigenvalue weighted by molar-refractivity contribution is 5.98. The van der Waals surface area contributed by atoms with Crippen molar-refractivity contribution in [2.75, 3.05) is 20.8 Å². The van der Waals surface area contributed by atoms with Gasteiger partial charge in [0.15, 0.2) is 0 Å². The van der Waals surface area contributed by atoms with Crippen LogP contribution >= 0.6 is 0 Å². The first-order valence-electron chi connectivity index (χ1n) is 14.3. The number of aliphatic carboxylic acids is 1. The van der Waals surface area contributed by atoms with Crippen molar-refractivity contribution < 1.29 is 33.7 Å². The molecule has 4 saturated carbocycles. The quantitative estimate of drug-likeness (QED) is 0.399. The number of carboxylic acid groups (broad SMARTS) is 1. The van der Waals surface area contributed by atoms with E-state index in [-0.39, 0.29) is 69.9 Å². The van der Waals surface area contributed by atoms with Gasteiger partial charge >= 0.3 is 5.97 Å². The second-order valence-corrected chi connectivity index (χ2v) is 12.3. The Kier molecular flexibility index (Phi) is 7.71. The summed E-state index contributed by atoms with van der Waals surface area (Å²) >= 11 is 0. The highest BCUT2D eigenvalue weighted by atomic mass is 16.5. The molecule has 216 valence electrons. The molecule has 10 nitrogen and oxygen atoms in total. The van der Waals surface area contributed by atoms with E-state index in [9.17, 15) is 24.8 Å². The molecule has 40 heavy (non-hydrogen) atoms. The summed E-state index contributed by atoms with van der Waals surface area (Å²) < 4.78 is 17.2. The van der Waals surface area contributed by atoms with Gasteiger partial charge in [-0.05, 0) is 82.6 Å². The molecule has 2 bridgehead atoms. The Hall–Kier alpha value is -3.32. The van der Waals surface area contributed by atoms with Gasteiger partial charge in [-0.1, -0.05) is 0 Å². The number of hydrogen-bond acceptors (Lipinski definition) is 7. The van der Waals surface area contributed by atoms with Crippen LogP contribution in [0.4, 0.5) is 0 Å². The lowest BCUT2D eigenvalue weighted by molar-refractivity contribution is -0.150. The molecule has 0 aliphatic heterocycles. The first-order valence-corrected chi connectivity index (χ1v) is 14.3. The topological polar surface area (TPSA) is 147 Å². The van der Waals surface area contributed by atoms with Gasteiger partial charge in [-0.15, -0.1) is 0 Å². The van der Waals surface area contributed by atoms with Crippen LogP contribution in [0.15, 0.2) is 12.1 Å². The van der Waals surface area contributed by atoms with E-state index in [1.54, 1.807) is 14.0 Å². The largest absolute Gasteiger partial charge is 0.496 e. The maximum atomic E-state index is 13.7. The maximum Gasteiger partial charge on any atom is 0.309 e. The van der Waals surface area contributed by atoms with Crippen molar-refractivity contribution in [3.05, 3.63) is 23.3 Å². The van der Waals surface area contributed by atoms with E-state index >= 15 is 0 Å². The Labute approximate surface area is 234 Å². The van der Waals surface area contributed by atoms with Crippen LogP contribution in [0.3, 0.4) is 0 Å². The number of carboxylic acids is 1. The van der Waals surface area contributed by atoms with Crippen molar-refractivity contribution in [2.45, 2.75) is 82.5 Å². The number of hydrogen-bond donors (Lipinski definition) is 3. The van der Waals surface area contributed by atoms with Gasteiger partial charge in [0.25, 0.3) is 5.91 Å². The van der Waals surface area contributed by atoms with Crippen molar-refractivity contribution >= 4 is 17.8 Å². The smallest absolute Gasteiger partial charge is 0.309 e. The fraction of sp³-hybridized carbons (Fsp3) is 0.667. The number of nitrogens with one attached hydrogen (secondary N) is 2. The normalized spacial score (nSPS) is 31.6. The second kappa shape index (κ2) is 10.9. The lowest BCUT2D eigenvalue weighted by atomic mass is 9.75. The minimum Gasteiger partial charge on any atom is -0.496 e. The van der Waals surface area contributed by atoms with Gasteiger partial charge < -0.3 is 30.0 Å². The summed E-state index contributed by atoms with van der Waals surface area (Å²) in [7, 11) is 3.11. The highest BCUT2D eigenvalue weighted by Gasteiger charge is 2.52. The number of methoxy groups -OCH3 is 2. The summed E-state index contributed by atoms with van der Waals surface area (Å²) in [6.45, 7) is 2.22. The summed E-state index contributed by atoms with van der Waals surface area (Å²) in [6.07, 6.45) is 6.48. The van der Waals surface area contributed by atoms with Crippen molar-refractivity contribution in [1.82, 2.24) is 10.6 Å². The third-order valence-corrected chi connectivity index (χ3v) is 9.86. The SMILES string of the molecule is COc1cc(C#N)c(OC2CCC(C)(C(=O)O)CC2)cc1C(=O)NC1C2CCC(C2)C1C(=O)NCC1(OC)CC1. The number of nitriles is 1. The van der Waals surface area contributed by atoms with Crippen molar-refractivity contribution in [1.29, 1.82) is 5.26 Å². The predicted molar refractivity (Wildman–Crippen MR) is 144 cm³/mol. The lowest BCUT2D eigenvalue weighted by Gasteiger charge is -2.34. The molecule has 5 rings (SSSR count). The third kappa shape index (κ3) is 5.36. The van der Waals surface area contributed by atoms with Crippen LogP contribution in [0.5, 0.6) is 11.5 Å². The third-order valence-electron chi connectivity index (χ3n) is 9.86. The molecule has 3 N–H and O–H groups in total. The molecule has 1 aromatic carbocycles. The Bertz CT molecular complexity index is 1210. The molecule has 0 radical (unpaired) electrons. The van der Waals surface area contributed by atoms with Gasteiger partial charge in [-0.25, -0.2) is 0 Å². The van der Waals surface area contributed by atoms with E-state index in [0.717, 1.165) is 32.1 Å². The van der Waals surface area contributed by atoms with Crippen molar-refractivity contribution in [2.24, 2.45) is 23.2 Å². The van der Waals surface area contributed by atoms with Crippen LogP contribution in [0.2, 0.25) is 0 Å². The number of rotatable bonds is 10. The zero-order valence-electron chi connectivity index (χ0n) is 23.5. The average molecular weight is 554 g/mol. The van der Waals surface area contributed by atoms with Crippen LogP contribution in [-0.2, 0) is 14.3 Å². The standard InChI is InChI=1S/C30H39N3O7/c1-29(28(36)37)8-6-20(7-9-29)40-22-14-21(23(38-2)13-19(22)15-31)26(34)33-25-18-5-4-17(12-18)24(25)27(35)32-16-30(39-3)10-11-30/h13-14,17-18,20,24-25H,4-12,16H2,1-3H3,(H,32,35)(H,33,34)(H,36,37). The summed E-state index contributed by atoms with van der Waals surface area (Å²) in [5, 5.41) is 25.5. The molecule has 0 saturated heterocycles. The Balaban J connectivity index is 1.31. The fourth-order valence-corrected chi connectivity index (χ4v) is 6.89. The van der Waals surface area contributed by atoms with Gasteiger partial charge in [0.1, 0.15) is 17.6 Å². The number of ether oxygens (including phenoxy) is 3. The summed E-state index contributed by atoms with van der Waals surface area (Å²) in [5.74, 6) is -0.545. The zero-order chi connectivity index (χ0) is 28.7. The van der Waals surface area contributed by atoms with Crippen LogP contribution in [0.1, 0.15) is 80.6 Å². The van der Waals surface area contributed by atoms with Gasteiger partial charge in [0.2, 0.25) is 5.91 Å². The number of carbonyl (C=O) groups excluding carboxylic acids is 2. The van der Waals surface area contributed by atoms with Gasteiger partial charge in [-0.3, -0.25) is 14.4 Å². The molecule has 1 aromatic rings. The molecule has 4 aliphatic rings. The van der Waals surface area contributed by atoms with E-state index < -0.39 is 11.4 Å². The number of carbonyl (C=O) groups is 3. The summed E-state index contributed by atoms with van der Waals surface area (Å²) in [6, 6.07) is 4.87. The van der Waals surface area contributed by atoms with Crippen molar-refractivity contribution in [3.63, 3.8) is 0 Å². The number of nitrogens with zero attached hydrogens (tertiary/aromatic N) is 1. The van der Waals surface area contributed by atoms with E-state index in [1.807, 2.05) is 0 Å². The monoisotopic (exact) mass is 553 g/mol. The Morgan fingerprint density at radius 3 is 2.35 bits per heavy atom. The molecule has 4 unspecified atom stereocenters. The van der Waals surface area contributed by atoms with Gasteiger partial charge in [0.05, 0.1) is 41.3 Å². The summed E-state index contributed by atoms with van der Waals surface area (Å²) in [4.78, 5) is 38.6. The maximum absolute atomic E-state index is 13.7. The molecule has 4 aliphatic carbocycles.